The number of amides is 1. The summed E-state index contributed by atoms with van der Waals surface area (Å²) < 4.78 is 5.24. The molecule has 0 radical (unpaired) electrons. The predicted molar refractivity (Wildman–Crippen MR) is 69.0 cm³/mol. The van der Waals surface area contributed by atoms with Gasteiger partial charge in [-0.15, -0.1) is 0 Å². The van der Waals surface area contributed by atoms with Crippen LogP contribution in [0.5, 0.6) is 0 Å². The van der Waals surface area contributed by atoms with Crippen LogP contribution in [0.4, 0.5) is 5.69 Å². The molecule has 0 aromatic heterocycles. The van der Waals surface area contributed by atoms with Crippen molar-refractivity contribution >= 4 is 17.4 Å². The average molecular weight is 247 g/mol. The third kappa shape index (κ3) is 2.29. The van der Waals surface area contributed by atoms with Gasteiger partial charge < -0.3 is 9.64 Å². The highest BCUT2D eigenvalue weighted by molar-refractivity contribution is 6.52. The topological polar surface area (TPSA) is 46.6 Å². The van der Waals surface area contributed by atoms with Crippen LogP contribution in [0.25, 0.3) is 0 Å². The minimum absolute atomic E-state index is 0.398. The van der Waals surface area contributed by atoms with Gasteiger partial charge in [0.05, 0.1) is 11.3 Å². The minimum atomic E-state index is -0.424. The van der Waals surface area contributed by atoms with Gasteiger partial charge in [-0.3, -0.25) is 9.59 Å². The Morgan fingerprint density at radius 2 is 2.06 bits per heavy atom. The maximum Gasteiger partial charge on any atom is 0.299 e. The number of carbonyl (C=O) groups is 2. The van der Waals surface area contributed by atoms with Crippen LogP contribution in [0.2, 0.25) is 0 Å². The largest absolute Gasteiger partial charge is 0.382 e. The number of ether oxygens (including phenoxy) is 1. The summed E-state index contributed by atoms with van der Waals surface area (Å²) in [5.41, 5.74) is 2.24. The van der Waals surface area contributed by atoms with Crippen LogP contribution in [0.1, 0.15) is 29.3 Å². The van der Waals surface area contributed by atoms with E-state index in [2.05, 4.69) is 0 Å². The lowest BCUT2D eigenvalue weighted by atomic mass is 10.1. The van der Waals surface area contributed by atoms with Gasteiger partial charge in [0.15, 0.2) is 0 Å². The number of hydrogen-bond donors (Lipinski definition) is 0. The first-order valence-corrected chi connectivity index (χ1v) is 6.19. The van der Waals surface area contributed by atoms with E-state index < -0.39 is 11.7 Å². The molecule has 1 aliphatic heterocycles. The second-order valence-electron chi connectivity index (χ2n) is 4.36. The van der Waals surface area contributed by atoms with Crippen LogP contribution in [-0.2, 0) is 9.53 Å². The molecule has 0 spiro atoms. The third-order valence-electron chi connectivity index (χ3n) is 3.00. The first-order chi connectivity index (χ1) is 8.65. The molecule has 0 unspecified atom stereocenters. The van der Waals surface area contributed by atoms with Crippen LogP contribution in [0.15, 0.2) is 18.2 Å². The number of fused-ring (bicyclic) bond motifs is 1. The van der Waals surface area contributed by atoms with Gasteiger partial charge >= 0.3 is 0 Å². The first kappa shape index (κ1) is 12.8. The molecule has 0 atom stereocenters. The normalized spacial score (nSPS) is 14.2. The van der Waals surface area contributed by atoms with Crippen molar-refractivity contribution in [3.63, 3.8) is 0 Å². The van der Waals surface area contributed by atoms with Gasteiger partial charge in [0.25, 0.3) is 11.7 Å². The molecule has 96 valence electrons. The molecule has 4 nitrogen and oxygen atoms in total. The zero-order valence-electron chi connectivity index (χ0n) is 10.7. The second kappa shape index (κ2) is 5.31. The van der Waals surface area contributed by atoms with Crippen molar-refractivity contribution < 1.29 is 14.3 Å². The Balaban J connectivity index is 2.13. The van der Waals surface area contributed by atoms with Crippen molar-refractivity contribution in [1.29, 1.82) is 0 Å². The molecule has 0 fully saturated rings. The minimum Gasteiger partial charge on any atom is -0.382 e. The molecule has 18 heavy (non-hydrogen) atoms. The number of ketones is 1. The quantitative estimate of drug-likeness (QED) is 0.590. The smallest absolute Gasteiger partial charge is 0.299 e. The Hall–Kier alpha value is -1.68. The van der Waals surface area contributed by atoms with Crippen molar-refractivity contribution in [3.8, 4) is 0 Å². The summed E-state index contributed by atoms with van der Waals surface area (Å²) in [7, 11) is 0. The van der Waals surface area contributed by atoms with Gasteiger partial charge in [-0.2, -0.15) is 0 Å². The molecule has 1 aromatic rings. The molecule has 1 amide bonds. The van der Waals surface area contributed by atoms with E-state index in [-0.39, 0.29) is 0 Å². The number of Topliss-reactive ketones (excluding diaryl/α,β-unsaturated/α-hetero) is 1. The molecule has 0 bridgehead atoms. The fourth-order valence-electron chi connectivity index (χ4n) is 2.11. The lowest BCUT2D eigenvalue weighted by molar-refractivity contribution is -0.114. The van der Waals surface area contributed by atoms with Gasteiger partial charge in [-0.1, -0.05) is 11.6 Å². The summed E-state index contributed by atoms with van der Waals surface area (Å²) >= 11 is 0. The second-order valence-corrected chi connectivity index (χ2v) is 4.36. The van der Waals surface area contributed by atoms with Gasteiger partial charge in [-0.05, 0) is 32.4 Å². The van der Waals surface area contributed by atoms with Crippen molar-refractivity contribution in [2.75, 3.05) is 24.7 Å². The molecule has 0 aliphatic carbocycles. The highest BCUT2D eigenvalue weighted by Crippen LogP contribution is 2.29. The van der Waals surface area contributed by atoms with Crippen molar-refractivity contribution in [2.24, 2.45) is 0 Å². The Bertz CT molecular complexity index is 482. The number of aryl methyl sites for hydroxylation is 1. The third-order valence-corrected chi connectivity index (χ3v) is 3.00. The zero-order chi connectivity index (χ0) is 13.1. The van der Waals surface area contributed by atoms with Crippen LogP contribution in [0.3, 0.4) is 0 Å². The van der Waals surface area contributed by atoms with Crippen LogP contribution < -0.4 is 4.90 Å². The van der Waals surface area contributed by atoms with E-state index in [1.165, 1.54) is 0 Å². The van der Waals surface area contributed by atoms with E-state index in [1.807, 2.05) is 26.0 Å². The highest BCUT2D eigenvalue weighted by atomic mass is 16.5. The van der Waals surface area contributed by atoms with E-state index >= 15 is 0 Å². The number of nitrogens with zero attached hydrogens (tertiary/aromatic N) is 1. The molecule has 1 aromatic carbocycles. The lowest BCUT2D eigenvalue weighted by Crippen LogP contribution is -2.31. The number of hydrogen-bond acceptors (Lipinski definition) is 3. The van der Waals surface area contributed by atoms with Crippen molar-refractivity contribution in [1.82, 2.24) is 0 Å². The van der Waals surface area contributed by atoms with Gasteiger partial charge in [0.2, 0.25) is 0 Å². The molecule has 0 saturated carbocycles. The number of carbonyl (C=O) groups excluding carboxylic acids is 2. The van der Waals surface area contributed by atoms with E-state index in [9.17, 15) is 9.59 Å². The molecule has 1 aliphatic rings. The van der Waals surface area contributed by atoms with Crippen LogP contribution in [-0.4, -0.2) is 31.4 Å². The summed E-state index contributed by atoms with van der Waals surface area (Å²) in [6, 6.07) is 5.53. The van der Waals surface area contributed by atoms with Crippen LogP contribution >= 0.6 is 0 Å². The predicted octanol–water partition coefficient (Wildman–Crippen LogP) is 1.95. The van der Waals surface area contributed by atoms with Crippen molar-refractivity contribution in [2.45, 2.75) is 20.3 Å². The summed E-state index contributed by atoms with van der Waals surface area (Å²) in [5, 5.41) is 0. The summed E-state index contributed by atoms with van der Waals surface area (Å²) in [5.74, 6) is -0.822. The molecule has 0 N–H and O–H groups in total. The monoisotopic (exact) mass is 247 g/mol. The molecule has 1 heterocycles. The first-order valence-electron chi connectivity index (χ1n) is 6.19. The van der Waals surface area contributed by atoms with E-state index in [0.29, 0.717) is 25.3 Å². The Morgan fingerprint density at radius 3 is 2.78 bits per heavy atom. The summed E-state index contributed by atoms with van der Waals surface area (Å²) in [6.07, 6.45) is 0.736. The number of benzene rings is 1. The molecule has 2 rings (SSSR count). The average Bonchev–Trinajstić information content (AvgIpc) is 2.59. The SMILES string of the molecule is CCOCCCN1C(=O)C(=O)c2cc(C)ccc21. The van der Waals surface area contributed by atoms with Gasteiger partial charge in [-0.25, -0.2) is 0 Å². The van der Waals surface area contributed by atoms with Crippen molar-refractivity contribution in [3.05, 3.63) is 29.3 Å². The number of rotatable bonds is 5. The molecule has 0 saturated heterocycles. The van der Waals surface area contributed by atoms with E-state index in [4.69, 9.17) is 4.74 Å². The van der Waals surface area contributed by atoms with E-state index in [0.717, 1.165) is 17.7 Å². The fourth-order valence-corrected chi connectivity index (χ4v) is 2.11. The molecule has 4 heteroatoms. The van der Waals surface area contributed by atoms with E-state index in [1.54, 1.807) is 11.0 Å². The van der Waals surface area contributed by atoms with Gasteiger partial charge in [0.1, 0.15) is 0 Å². The lowest BCUT2D eigenvalue weighted by Gasteiger charge is -2.16. The number of anilines is 1. The highest BCUT2D eigenvalue weighted by Gasteiger charge is 2.35. The Labute approximate surface area is 107 Å². The maximum atomic E-state index is 11.9. The maximum absolute atomic E-state index is 11.9. The molecular weight excluding hydrogens is 230 g/mol. The van der Waals surface area contributed by atoms with Gasteiger partial charge in [0, 0.05) is 19.8 Å². The molecular formula is C14H17NO3. The zero-order valence-corrected chi connectivity index (χ0v) is 10.7. The Kier molecular flexibility index (Phi) is 3.77. The summed E-state index contributed by atoms with van der Waals surface area (Å²) in [6.45, 7) is 5.65. The Morgan fingerprint density at radius 1 is 1.28 bits per heavy atom. The fraction of sp³-hybridized carbons (Fsp3) is 0.429. The summed E-state index contributed by atoms with van der Waals surface area (Å²) in [4.78, 5) is 25.3. The van der Waals surface area contributed by atoms with Crippen LogP contribution in [0, 0.1) is 6.92 Å². The standard InChI is InChI=1S/C14H17NO3/c1-3-18-8-4-7-15-12-6-5-10(2)9-11(12)13(16)14(15)17/h5-6,9H,3-4,7-8H2,1-2H3.